The van der Waals surface area contributed by atoms with E-state index in [4.69, 9.17) is 18.6 Å². The van der Waals surface area contributed by atoms with Gasteiger partial charge in [0.25, 0.3) is 0 Å². The Bertz CT molecular complexity index is 1210. The third-order valence-electron chi connectivity index (χ3n) is 6.08. The van der Waals surface area contributed by atoms with Crippen LogP contribution in [0, 0.1) is 6.92 Å². The highest BCUT2D eigenvalue weighted by atomic mass is 16.5. The standard InChI is InChI=1S/C27H31NO6/c1-4-13-32-24(29)10-7-20-15-22-18(2)14-25(30)34-27(22)23-16-28(17-33-26(20)23)12-11-19-5-8-21(31-3)9-6-19/h5-6,8-9,14-15H,4,7,10-13,16-17H2,1-3H3. The van der Waals surface area contributed by atoms with Crippen LogP contribution >= 0.6 is 0 Å². The lowest BCUT2D eigenvalue weighted by Crippen LogP contribution is -2.34. The van der Waals surface area contributed by atoms with Crippen molar-refractivity contribution in [1.29, 1.82) is 0 Å². The van der Waals surface area contributed by atoms with Gasteiger partial charge in [-0.05, 0) is 61.1 Å². The zero-order valence-electron chi connectivity index (χ0n) is 20.0. The van der Waals surface area contributed by atoms with Crippen LogP contribution in [0.1, 0.15) is 42.0 Å². The van der Waals surface area contributed by atoms with Gasteiger partial charge in [-0.25, -0.2) is 4.79 Å². The first-order valence-electron chi connectivity index (χ1n) is 11.7. The molecule has 0 unspecified atom stereocenters. The van der Waals surface area contributed by atoms with Crippen molar-refractivity contribution >= 4 is 16.9 Å². The predicted molar refractivity (Wildman–Crippen MR) is 129 cm³/mol. The van der Waals surface area contributed by atoms with Crippen LogP contribution in [0.2, 0.25) is 0 Å². The van der Waals surface area contributed by atoms with Crippen molar-refractivity contribution in [3.8, 4) is 11.5 Å². The number of methoxy groups -OCH3 is 1. The maximum absolute atomic E-state index is 12.1. The molecule has 3 aromatic rings. The van der Waals surface area contributed by atoms with E-state index in [0.717, 1.165) is 47.2 Å². The maximum atomic E-state index is 12.1. The molecule has 1 aromatic heterocycles. The van der Waals surface area contributed by atoms with Gasteiger partial charge >= 0.3 is 11.6 Å². The molecule has 0 saturated heterocycles. The van der Waals surface area contributed by atoms with Crippen LogP contribution in [0.4, 0.5) is 0 Å². The molecule has 0 aliphatic carbocycles. The predicted octanol–water partition coefficient (Wildman–Crippen LogP) is 4.39. The van der Waals surface area contributed by atoms with Crippen molar-refractivity contribution < 1.29 is 23.4 Å². The summed E-state index contributed by atoms with van der Waals surface area (Å²) in [5, 5.41) is 0.871. The number of rotatable bonds is 9. The number of esters is 1. The van der Waals surface area contributed by atoms with Crippen molar-refractivity contribution in [3.05, 3.63) is 69.1 Å². The molecular formula is C27H31NO6. The van der Waals surface area contributed by atoms with Gasteiger partial charge in [-0.2, -0.15) is 0 Å². The average Bonchev–Trinajstić information content (AvgIpc) is 2.85. The molecule has 0 spiro atoms. The van der Waals surface area contributed by atoms with Gasteiger partial charge < -0.3 is 18.6 Å². The molecule has 1 aliphatic heterocycles. The van der Waals surface area contributed by atoms with Crippen molar-refractivity contribution in [2.45, 2.75) is 46.1 Å². The summed E-state index contributed by atoms with van der Waals surface area (Å²) in [5.74, 6) is 1.33. The van der Waals surface area contributed by atoms with Crippen molar-refractivity contribution in [3.63, 3.8) is 0 Å². The number of benzene rings is 2. The minimum absolute atomic E-state index is 0.219. The van der Waals surface area contributed by atoms with Crippen molar-refractivity contribution in [1.82, 2.24) is 4.90 Å². The second kappa shape index (κ2) is 10.7. The molecule has 34 heavy (non-hydrogen) atoms. The van der Waals surface area contributed by atoms with Crippen LogP contribution in [-0.2, 0) is 28.9 Å². The van der Waals surface area contributed by atoms with E-state index in [1.165, 1.54) is 11.6 Å². The molecule has 0 saturated carbocycles. The van der Waals surface area contributed by atoms with Crippen LogP contribution < -0.4 is 15.1 Å². The highest BCUT2D eigenvalue weighted by Crippen LogP contribution is 2.37. The van der Waals surface area contributed by atoms with Crippen LogP contribution in [0.3, 0.4) is 0 Å². The number of hydrogen-bond acceptors (Lipinski definition) is 7. The topological polar surface area (TPSA) is 78.2 Å². The van der Waals surface area contributed by atoms with Crippen LogP contribution in [0.5, 0.6) is 11.5 Å². The second-order valence-electron chi connectivity index (χ2n) is 8.61. The normalized spacial score (nSPS) is 13.4. The van der Waals surface area contributed by atoms with Gasteiger partial charge in [0.05, 0.1) is 19.3 Å². The second-order valence-corrected chi connectivity index (χ2v) is 8.61. The minimum Gasteiger partial charge on any atom is -0.497 e. The third kappa shape index (κ3) is 5.42. The molecule has 2 aromatic carbocycles. The van der Waals surface area contributed by atoms with Gasteiger partial charge in [-0.3, -0.25) is 9.69 Å². The molecule has 0 amide bonds. The quantitative estimate of drug-likeness (QED) is 0.343. The minimum atomic E-state index is -0.376. The molecule has 0 radical (unpaired) electrons. The van der Waals surface area contributed by atoms with E-state index in [-0.39, 0.29) is 18.0 Å². The molecule has 7 heteroatoms. The summed E-state index contributed by atoms with van der Waals surface area (Å²) in [6, 6.07) is 11.5. The molecule has 180 valence electrons. The van der Waals surface area contributed by atoms with E-state index < -0.39 is 0 Å². The van der Waals surface area contributed by atoms with E-state index in [0.29, 0.717) is 37.6 Å². The number of fused-ring (bicyclic) bond motifs is 3. The fraction of sp³-hybridized carbons (Fsp3) is 0.407. The number of aryl methyl sites for hydroxylation is 2. The maximum Gasteiger partial charge on any atom is 0.336 e. The largest absolute Gasteiger partial charge is 0.497 e. The van der Waals surface area contributed by atoms with Gasteiger partial charge in [-0.1, -0.05) is 19.1 Å². The molecule has 1 aliphatic rings. The molecular weight excluding hydrogens is 434 g/mol. The molecule has 0 N–H and O–H groups in total. The number of carbonyl (C=O) groups excluding carboxylic acids is 1. The van der Waals surface area contributed by atoms with Gasteiger partial charge in [0.15, 0.2) is 0 Å². The summed E-state index contributed by atoms with van der Waals surface area (Å²) in [5.41, 5.74) is 4.03. The SMILES string of the molecule is CCCOC(=O)CCc1cc2c(C)cc(=O)oc2c2c1OCN(CCc1ccc(OC)cc1)C2. The molecule has 7 nitrogen and oxygen atoms in total. The zero-order valence-corrected chi connectivity index (χ0v) is 20.0. The van der Waals surface area contributed by atoms with Gasteiger partial charge in [-0.15, -0.1) is 0 Å². The smallest absolute Gasteiger partial charge is 0.336 e. The van der Waals surface area contributed by atoms with Crippen LogP contribution in [0.25, 0.3) is 11.0 Å². The first-order valence-corrected chi connectivity index (χ1v) is 11.7. The fourth-order valence-electron chi connectivity index (χ4n) is 4.24. The molecule has 0 bridgehead atoms. The fourth-order valence-corrected chi connectivity index (χ4v) is 4.24. The molecule has 0 atom stereocenters. The van der Waals surface area contributed by atoms with E-state index in [1.54, 1.807) is 7.11 Å². The lowest BCUT2D eigenvalue weighted by molar-refractivity contribution is -0.143. The average molecular weight is 466 g/mol. The lowest BCUT2D eigenvalue weighted by atomic mass is 9.97. The highest BCUT2D eigenvalue weighted by Gasteiger charge is 2.25. The summed E-state index contributed by atoms with van der Waals surface area (Å²) in [6.45, 7) is 6.11. The summed E-state index contributed by atoms with van der Waals surface area (Å²) >= 11 is 0. The Morgan fingerprint density at radius 2 is 1.94 bits per heavy atom. The Morgan fingerprint density at radius 1 is 1.15 bits per heavy atom. The number of nitrogens with zero attached hydrogens (tertiary/aromatic N) is 1. The third-order valence-corrected chi connectivity index (χ3v) is 6.08. The van der Waals surface area contributed by atoms with Crippen molar-refractivity contribution in [2.24, 2.45) is 0 Å². The summed E-state index contributed by atoms with van der Waals surface area (Å²) in [7, 11) is 1.66. The van der Waals surface area contributed by atoms with E-state index in [2.05, 4.69) is 17.0 Å². The Hall–Kier alpha value is -3.32. The van der Waals surface area contributed by atoms with Gasteiger partial charge in [0.1, 0.15) is 23.8 Å². The number of hydrogen-bond donors (Lipinski definition) is 0. The molecule has 4 rings (SSSR count). The van der Waals surface area contributed by atoms with E-state index in [1.807, 2.05) is 32.0 Å². The Kier molecular flexibility index (Phi) is 7.53. The monoisotopic (exact) mass is 465 g/mol. The Morgan fingerprint density at radius 3 is 2.68 bits per heavy atom. The highest BCUT2D eigenvalue weighted by molar-refractivity contribution is 5.86. The van der Waals surface area contributed by atoms with Gasteiger partial charge in [0.2, 0.25) is 0 Å². The number of carbonyl (C=O) groups is 1. The lowest BCUT2D eigenvalue weighted by Gasteiger charge is -2.31. The van der Waals surface area contributed by atoms with Crippen LogP contribution in [0.15, 0.2) is 45.6 Å². The number of ether oxygens (including phenoxy) is 3. The van der Waals surface area contributed by atoms with E-state index >= 15 is 0 Å². The van der Waals surface area contributed by atoms with Gasteiger partial charge in [0, 0.05) is 31.0 Å². The zero-order chi connectivity index (χ0) is 24.1. The summed E-state index contributed by atoms with van der Waals surface area (Å²) in [4.78, 5) is 26.4. The van der Waals surface area contributed by atoms with Crippen molar-refractivity contribution in [2.75, 3.05) is 27.0 Å². The summed E-state index contributed by atoms with van der Waals surface area (Å²) in [6.07, 6.45) is 2.43. The van der Waals surface area contributed by atoms with E-state index in [9.17, 15) is 9.59 Å². The first-order chi connectivity index (χ1) is 16.5. The Labute approximate surface area is 199 Å². The molecule has 2 heterocycles. The Balaban J connectivity index is 1.57. The summed E-state index contributed by atoms with van der Waals surface area (Å²) < 4.78 is 22.3. The first kappa shape index (κ1) is 23.8. The van der Waals surface area contributed by atoms with Crippen LogP contribution in [-0.4, -0.2) is 37.9 Å². The molecule has 0 fully saturated rings.